The Bertz CT molecular complexity index is 176. The first-order valence-corrected chi connectivity index (χ1v) is 4.72. The lowest BCUT2D eigenvalue weighted by molar-refractivity contribution is -0.143. The summed E-state index contributed by atoms with van der Waals surface area (Å²) in [5, 5.41) is 0. The van der Waals surface area contributed by atoms with Crippen molar-refractivity contribution in [2.45, 2.75) is 33.1 Å². The Balaban J connectivity index is 3.56. The van der Waals surface area contributed by atoms with Crippen LogP contribution < -0.4 is 5.73 Å². The predicted octanol–water partition coefficient (Wildman–Crippen LogP) is 1.62. The Labute approximate surface area is 79.9 Å². The normalized spacial score (nSPS) is 11.5. The molecule has 0 aliphatic rings. The van der Waals surface area contributed by atoms with E-state index in [1.807, 2.05) is 13.8 Å². The van der Waals surface area contributed by atoms with Gasteiger partial charge in [-0.05, 0) is 33.2 Å². The van der Waals surface area contributed by atoms with Gasteiger partial charge in [-0.1, -0.05) is 11.6 Å². The van der Waals surface area contributed by atoms with Gasteiger partial charge in [0.2, 0.25) is 0 Å². The monoisotopic (exact) mass is 185 g/mol. The van der Waals surface area contributed by atoms with Crippen molar-refractivity contribution in [3.8, 4) is 0 Å². The minimum Gasteiger partial charge on any atom is -0.466 e. The van der Waals surface area contributed by atoms with Gasteiger partial charge in [0.1, 0.15) is 0 Å². The minimum absolute atomic E-state index is 0.122. The average molecular weight is 185 g/mol. The molecule has 0 atom stereocenters. The SMILES string of the molecule is CCOC(=O)CC/C(C)=C/CCN. The molecule has 0 saturated carbocycles. The summed E-state index contributed by atoms with van der Waals surface area (Å²) in [4.78, 5) is 10.9. The van der Waals surface area contributed by atoms with Crippen LogP contribution in [0.25, 0.3) is 0 Å². The molecule has 0 aliphatic heterocycles. The third kappa shape index (κ3) is 7.53. The van der Waals surface area contributed by atoms with Crippen molar-refractivity contribution in [2.75, 3.05) is 13.2 Å². The van der Waals surface area contributed by atoms with Crippen molar-refractivity contribution in [1.29, 1.82) is 0 Å². The zero-order chi connectivity index (χ0) is 10.1. The van der Waals surface area contributed by atoms with E-state index in [0.717, 1.165) is 12.8 Å². The third-order valence-corrected chi connectivity index (χ3v) is 1.69. The first-order chi connectivity index (χ1) is 6.20. The fourth-order valence-electron chi connectivity index (χ4n) is 0.964. The van der Waals surface area contributed by atoms with E-state index in [2.05, 4.69) is 6.08 Å². The van der Waals surface area contributed by atoms with E-state index in [1.54, 1.807) is 0 Å². The molecule has 0 saturated heterocycles. The third-order valence-electron chi connectivity index (χ3n) is 1.69. The number of esters is 1. The van der Waals surface area contributed by atoms with Crippen molar-refractivity contribution in [3.63, 3.8) is 0 Å². The zero-order valence-electron chi connectivity index (χ0n) is 8.51. The quantitative estimate of drug-likeness (QED) is 0.505. The van der Waals surface area contributed by atoms with Crippen LogP contribution in [0.3, 0.4) is 0 Å². The average Bonchev–Trinajstić information content (AvgIpc) is 2.12. The van der Waals surface area contributed by atoms with Crippen LogP contribution in [-0.2, 0) is 9.53 Å². The standard InChI is InChI=1S/C10H19NO2/c1-3-13-10(12)7-6-9(2)5-4-8-11/h5H,3-4,6-8,11H2,1-2H3/b9-5+. The molecular formula is C10H19NO2. The molecule has 0 aromatic carbocycles. The Morgan fingerprint density at radius 3 is 2.69 bits per heavy atom. The molecule has 0 unspecified atom stereocenters. The van der Waals surface area contributed by atoms with Gasteiger partial charge in [-0.15, -0.1) is 0 Å². The molecule has 0 fully saturated rings. The summed E-state index contributed by atoms with van der Waals surface area (Å²) in [6, 6.07) is 0. The second kappa shape index (κ2) is 7.80. The van der Waals surface area contributed by atoms with E-state index in [1.165, 1.54) is 5.57 Å². The van der Waals surface area contributed by atoms with Gasteiger partial charge in [0, 0.05) is 6.42 Å². The molecule has 3 nitrogen and oxygen atoms in total. The van der Waals surface area contributed by atoms with Gasteiger partial charge in [-0.3, -0.25) is 4.79 Å². The first-order valence-electron chi connectivity index (χ1n) is 4.72. The largest absolute Gasteiger partial charge is 0.466 e. The maximum absolute atomic E-state index is 10.9. The molecule has 0 rings (SSSR count). The van der Waals surface area contributed by atoms with Crippen molar-refractivity contribution in [1.82, 2.24) is 0 Å². The molecule has 0 spiro atoms. The topological polar surface area (TPSA) is 52.3 Å². The summed E-state index contributed by atoms with van der Waals surface area (Å²) in [7, 11) is 0. The Morgan fingerprint density at radius 1 is 1.46 bits per heavy atom. The zero-order valence-corrected chi connectivity index (χ0v) is 8.51. The van der Waals surface area contributed by atoms with Crippen LogP contribution in [0.4, 0.5) is 0 Å². The fraction of sp³-hybridized carbons (Fsp3) is 0.700. The van der Waals surface area contributed by atoms with Gasteiger partial charge >= 0.3 is 5.97 Å². The van der Waals surface area contributed by atoms with E-state index < -0.39 is 0 Å². The summed E-state index contributed by atoms with van der Waals surface area (Å²) in [6.07, 6.45) is 4.20. The highest BCUT2D eigenvalue weighted by Crippen LogP contribution is 2.05. The summed E-state index contributed by atoms with van der Waals surface area (Å²) in [5.74, 6) is -0.122. The number of rotatable bonds is 6. The Kier molecular flexibility index (Phi) is 7.30. The van der Waals surface area contributed by atoms with Crippen LogP contribution in [0.2, 0.25) is 0 Å². The maximum Gasteiger partial charge on any atom is 0.306 e. The molecule has 0 radical (unpaired) electrons. The number of ether oxygens (including phenoxy) is 1. The molecule has 0 aromatic heterocycles. The van der Waals surface area contributed by atoms with Crippen LogP contribution in [0.15, 0.2) is 11.6 Å². The van der Waals surface area contributed by atoms with Gasteiger partial charge in [-0.25, -0.2) is 0 Å². The molecular weight excluding hydrogens is 166 g/mol. The second-order valence-corrected chi connectivity index (χ2v) is 2.93. The summed E-state index contributed by atoms with van der Waals surface area (Å²) >= 11 is 0. The van der Waals surface area contributed by atoms with Gasteiger partial charge in [0.15, 0.2) is 0 Å². The molecule has 0 aliphatic carbocycles. The number of hydrogen-bond acceptors (Lipinski definition) is 3. The van der Waals surface area contributed by atoms with Crippen LogP contribution >= 0.6 is 0 Å². The molecule has 0 bridgehead atoms. The number of hydrogen-bond donors (Lipinski definition) is 1. The molecule has 0 aromatic rings. The van der Waals surface area contributed by atoms with Crippen LogP contribution in [0, 0.1) is 0 Å². The van der Waals surface area contributed by atoms with Crippen molar-refractivity contribution < 1.29 is 9.53 Å². The van der Waals surface area contributed by atoms with Crippen LogP contribution in [-0.4, -0.2) is 19.1 Å². The van der Waals surface area contributed by atoms with E-state index in [-0.39, 0.29) is 5.97 Å². The highest BCUT2D eigenvalue weighted by atomic mass is 16.5. The van der Waals surface area contributed by atoms with E-state index in [9.17, 15) is 4.79 Å². The number of carbonyl (C=O) groups is 1. The predicted molar refractivity (Wildman–Crippen MR) is 53.3 cm³/mol. The van der Waals surface area contributed by atoms with Crippen LogP contribution in [0.1, 0.15) is 33.1 Å². The van der Waals surface area contributed by atoms with Gasteiger partial charge in [0.25, 0.3) is 0 Å². The Hall–Kier alpha value is -0.830. The maximum atomic E-state index is 10.9. The molecule has 0 amide bonds. The van der Waals surface area contributed by atoms with E-state index in [4.69, 9.17) is 10.5 Å². The summed E-state index contributed by atoms with van der Waals surface area (Å²) in [5.41, 5.74) is 6.55. The van der Waals surface area contributed by atoms with Crippen molar-refractivity contribution >= 4 is 5.97 Å². The molecule has 0 heterocycles. The smallest absolute Gasteiger partial charge is 0.306 e. The molecule has 13 heavy (non-hydrogen) atoms. The summed E-state index contributed by atoms with van der Waals surface area (Å²) < 4.78 is 4.81. The highest BCUT2D eigenvalue weighted by molar-refractivity contribution is 5.69. The van der Waals surface area contributed by atoms with E-state index >= 15 is 0 Å². The van der Waals surface area contributed by atoms with Gasteiger partial charge in [0.05, 0.1) is 6.61 Å². The minimum atomic E-state index is -0.122. The van der Waals surface area contributed by atoms with Crippen LogP contribution in [0.5, 0.6) is 0 Å². The molecule has 2 N–H and O–H groups in total. The number of carbonyl (C=O) groups excluding carboxylic acids is 1. The number of allylic oxidation sites excluding steroid dienone is 1. The van der Waals surface area contributed by atoms with Gasteiger partial charge in [-0.2, -0.15) is 0 Å². The Morgan fingerprint density at radius 2 is 2.15 bits per heavy atom. The second-order valence-electron chi connectivity index (χ2n) is 2.93. The fourth-order valence-corrected chi connectivity index (χ4v) is 0.964. The lowest BCUT2D eigenvalue weighted by Gasteiger charge is -2.01. The number of nitrogens with two attached hydrogens (primary N) is 1. The lowest BCUT2D eigenvalue weighted by Crippen LogP contribution is -2.03. The molecule has 76 valence electrons. The highest BCUT2D eigenvalue weighted by Gasteiger charge is 2.00. The van der Waals surface area contributed by atoms with Gasteiger partial charge < -0.3 is 10.5 Å². The first kappa shape index (κ1) is 12.2. The summed E-state index contributed by atoms with van der Waals surface area (Å²) in [6.45, 7) is 4.95. The van der Waals surface area contributed by atoms with Crippen molar-refractivity contribution in [3.05, 3.63) is 11.6 Å². The van der Waals surface area contributed by atoms with E-state index in [0.29, 0.717) is 19.6 Å². The molecule has 3 heteroatoms. The lowest BCUT2D eigenvalue weighted by atomic mass is 10.1. The van der Waals surface area contributed by atoms with Crippen molar-refractivity contribution in [2.24, 2.45) is 5.73 Å².